The third kappa shape index (κ3) is 2.85. The zero-order chi connectivity index (χ0) is 15.5. The molecule has 0 aliphatic carbocycles. The van der Waals surface area contributed by atoms with E-state index in [0.717, 1.165) is 49.3 Å². The number of piperazine rings is 1. The van der Waals surface area contributed by atoms with Crippen LogP contribution < -0.4 is 9.80 Å². The van der Waals surface area contributed by atoms with Crippen molar-refractivity contribution in [2.45, 2.75) is 0 Å². The van der Waals surface area contributed by atoms with E-state index in [-0.39, 0.29) is 0 Å². The highest BCUT2D eigenvalue weighted by molar-refractivity contribution is 5.53. The first-order valence-electron chi connectivity index (χ1n) is 7.54. The Hall–Kier alpha value is -2.96. The number of hydrogen-bond acceptors (Lipinski definition) is 7. The summed E-state index contributed by atoms with van der Waals surface area (Å²) in [5.41, 5.74) is 0.748. The van der Waals surface area contributed by atoms with Crippen molar-refractivity contribution in [1.29, 1.82) is 0 Å². The van der Waals surface area contributed by atoms with Gasteiger partial charge in [0.2, 0.25) is 0 Å². The van der Waals surface area contributed by atoms with Crippen LogP contribution in [0.1, 0.15) is 0 Å². The Labute approximate surface area is 133 Å². The van der Waals surface area contributed by atoms with Crippen LogP contribution >= 0.6 is 0 Å². The summed E-state index contributed by atoms with van der Waals surface area (Å²) in [5, 5.41) is 8.58. The van der Waals surface area contributed by atoms with E-state index in [1.54, 1.807) is 18.8 Å². The Kier molecular flexibility index (Phi) is 3.59. The van der Waals surface area contributed by atoms with E-state index in [1.807, 2.05) is 30.3 Å². The van der Waals surface area contributed by atoms with Crippen LogP contribution in [0.5, 0.6) is 0 Å². The largest absolute Gasteiger partial charge is 0.463 e. The second-order valence-corrected chi connectivity index (χ2v) is 5.30. The van der Waals surface area contributed by atoms with Crippen LogP contribution in [0.4, 0.5) is 11.6 Å². The van der Waals surface area contributed by atoms with Crippen LogP contribution in [-0.2, 0) is 0 Å². The van der Waals surface area contributed by atoms with E-state index in [4.69, 9.17) is 4.42 Å². The third-order valence-electron chi connectivity index (χ3n) is 3.92. The molecule has 0 spiro atoms. The van der Waals surface area contributed by atoms with Gasteiger partial charge in [0, 0.05) is 32.4 Å². The number of anilines is 2. The molecule has 1 aliphatic rings. The van der Waals surface area contributed by atoms with Gasteiger partial charge < -0.3 is 14.2 Å². The predicted molar refractivity (Wildman–Crippen MR) is 86.2 cm³/mol. The van der Waals surface area contributed by atoms with Crippen molar-refractivity contribution >= 4 is 11.6 Å². The van der Waals surface area contributed by atoms with Gasteiger partial charge in [-0.3, -0.25) is 0 Å². The van der Waals surface area contributed by atoms with Gasteiger partial charge in [-0.1, -0.05) is 0 Å². The van der Waals surface area contributed by atoms with Gasteiger partial charge in [0.25, 0.3) is 0 Å². The third-order valence-corrected chi connectivity index (χ3v) is 3.92. The van der Waals surface area contributed by atoms with Crippen LogP contribution in [0.15, 0.2) is 53.5 Å². The second-order valence-electron chi connectivity index (χ2n) is 5.30. The lowest BCUT2D eigenvalue weighted by atomic mass is 10.3. The first-order chi connectivity index (χ1) is 11.4. The summed E-state index contributed by atoms with van der Waals surface area (Å²) in [7, 11) is 0. The summed E-state index contributed by atoms with van der Waals surface area (Å²) in [6, 6.07) is 9.60. The van der Waals surface area contributed by atoms with Gasteiger partial charge in [0.1, 0.15) is 17.8 Å². The summed E-state index contributed by atoms with van der Waals surface area (Å²) in [6.07, 6.45) is 4.99. The zero-order valence-corrected chi connectivity index (χ0v) is 12.5. The quantitative estimate of drug-likeness (QED) is 0.731. The molecule has 4 heterocycles. The van der Waals surface area contributed by atoms with Gasteiger partial charge in [0.15, 0.2) is 11.6 Å². The molecular formula is C16H16N6O. The van der Waals surface area contributed by atoms with Crippen LogP contribution in [0.2, 0.25) is 0 Å². The maximum Gasteiger partial charge on any atom is 0.154 e. The topological polar surface area (TPSA) is 71.2 Å². The number of hydrogen-bond donors (Lipinski definition) is 0. The van der Waals surface area contributed by atoms with Crippen molar-refractivity contribution in [3.05, 3.63) is 49.1 Å². The molecule has 0 saturated carbocycles. The Morgan fingerprint density at radius 2 is 1.70 bits per heavy atom. The molecule has 0 N–H and O–H groups in total. The lowest BCUT2D eigenvalue weighted by Gasteiger charge is -2.35. The zero-order valence-electron chi connectivity index (χ0n) is 12.5. The molecule has 0 radical (unpaired) electrons. The highest BCUT2D eigenvalue weighted by Crippen LogP contribution is 2.20. The maximum atomic E-state index is 5.33. The minimum atomic E-state index is 0.734. The molecule has 0 bridgehead atoms. The molecule has 1 aliphatic heterocycles. The number of nitrogens with zero attached hydrogens (tertiary/aromatic N) is 6. The van der Waals surface area contributed by atoms with E-state index >= 15 is 0 Å². The summed E-state index contributed by atoms with van der Waals surface area (Å²) < 4.78 is 5.33. The molecule has 0 aromatic carbocycles. The van der Waals surface area contributed by atoms with Gasteiger partial charge in [-0.05, 0) is 30.3 Å². The Balaban J connectivity index is 1.42. The molecule has 3 aromatic rings. The highest BCUT2D eigenvalue weighted by atomic mass is 16.3. The first kappa shape index (κ1) is 13.7. The molecule has 7 heteroatoms. The van der Waals surface area contributed by atoms with Crippen molar-refractivity contribution in [2.24, 2.45) is 0 Å². The maximum absolute atomic E-state index is 5.33. The molecule has 116 valence electrons. The smallest absolute Gasteiger partial charge is 0.154 e. The number of rotatable bonds is 3. The molecule has 1 fully saturated rings. The monoisotopic (exact) mass is 308 g/mol. The average Bonchev–Trinajstić information content (AvgIpc) is 3.18. The van der Waals surface area contributed by atoms with Crippen LogP contribution in [0, 0.1) is 0 Å². The van der Waals surface area contributed by atoms with Crippen molar-refractivity contribution in [2.75, 3.05) is 36.0 Å². The van der Waals surface area contributed by atoms with Gasteiger partial charge in [-0.15, -0.1) is 10.2 Å². The standard InChI is InChI=1S/C16H16N6O/c1-2-14(23-11-1)13-3-4-16(20-19-13)22-9-7-21(8-10-22)15-5-6-17-12-18-15/h1-6,11-12H,7-10H2. The number of aromatic nitrogens is 4. The van der Waals surface area contributed by atoms with Gasteiger partial charge >= 0.3 is 0 Å². The molecular weight excluding hydrogens is 292 g/mol. The van der Waals surface area contributed by atoms with E-state index in [1.165, 1.54) is 0 Å². The SMILES string of the molecule is c1coc(-c2ccc(N3CCN(c4ccncn4)CC3)nn2)c1. The Morgan fingerprint density at radius 3 is 2.30 bits per heavy atom. The normalized spacial score (nSPS) is 15.0. The number of furan rings is 1. The molecule has 4 rings (SSSR count). The molecule has 0 amide bonds. The van der Waals surface area contributed by atoms with E-state index in [0.29, 0.717) is 0 Å². The van der Waals surface area contributed by atoms with Crippen molar-refractivity contribution in [3.8, 4) is 11.5 Å². The molecule has 1 saturated heterocycles. The molecule has 0 atom stereocenters. The lowest BCUT2D eigenvalue weighted by molar-refractivity contribution is 0.578. The van der Waals surface area contributed by atoms with Gasteiger partial charge in [0.05, 0.1) is 6.26 Å². The molecule has 3 aromatic heterocycles. The van der Waals surface area contributed by atoms with E-state index < -0.39 is 0 Å². The Bertz CT molecular complexity index is 736. The lowest BCUT2D eigenvalue weighted by Crippen LogP contribution is -2.47. The van der Waals surface area contributed by atoms with Crippen LogP contribution in [0.3, 0.4) is 0 Å². The van der Waals surface area contributed by atoms with E-state index in [2.05, 4.69) is 30.0 Å². The van der Waals surface area contributed by atoms with Gasteiger partial charge in [-0.2, -0.15) is 0 Å². The molecule has 7 nitrogen and oxygen atoms in total. The average molecular weight is 308 g/mol. The minimum absolute atomic E-state index is 0.734. The summed E-state index contributed by atoms with van der Waals surface area (Å²) in [5.74, 6) is 2.60. The molecule has 0 unspecified atom stereocenters. The Morgan fingerprint density at radius 1 is 0.870 bits per heavy atom. The summed E-state index contributed by atoms with van der Waals surface area (Å²) in [6.45, 7) is 3.58. The first-order valence-corrected chi connectivity index (χ1v) is 7.54. The predicted octanol–water partition coefficient (Wildman–Crippen LogP) is 1.85. The van der Waals surface area contributed by atoms with Gasteiger partial charge in [-0.25, -0.2) is 9.97 Å². The fraction of sp³-hybridized carbons (Fsp3) is 0.250. The molecule has 23 heavy (non-hydrogen) atoms. The van der Waals surface area contributed by atoms with Crippen molar-refractivity contribution < 1.29 is 4.42 Å². The summed E-state index contributed by atoms with van der Waals surface area (Å²) in [4.78, 5) is 12.7. The van der Waals surface area contributed by atoms with Crippen LogP contribution in [0.25, 0.3) is 11.5 Å². The summed E-state index contributed by atoms with van der Waals surface area (Å²) >= 11 is 0. The van der Waals surface area contributed by atoms with Crippen molar-refractivity contribution in [1.82, 2.24) is 20.2 Å². The van der Waals surface area contributed by atoms with Crippen LogP contribution in [-0.4, -0.2) is 46.3 Å². The minimum Gasteiger partial charge on any atom is -0.463 e. The highest BCUT2D eigenvalue weighted by Gasteiger charge is 2.19. The van der Waals surface area contributed by atoms with Crippen molar-refractivity contribution in [3.63, 3.8) is 0 Å². The fourth-order valence-corrected chi connectivity index (χ4v) is 2.69. The van der Waals surface area contributed by atoms with E-state index in [9.17, 15) is 0 Å². The fourth-order valence-electron chi connectivity index (χ4n) is 2.69. The second kappa shape index (κ2) is 6.04.